The third-order valence-electron chi connectivity index (χ3n) is 2.82. The molecular formula is C16H25NO2SSi. The van der Waals surface area contributed by atoms with Gasteiger partial charge in [0, 0.05) is 13.0 Å². The van der Waals surface area contributed by atoms with Crippen molar-refractivity contribution in [1.82, 2.24) is 4.72 Å². The minimum Gasteiger partial charge on any atom is -0.211 e. The summed E-state index contributed by atoms with van der Waals surface area (Å²) in [6.07, 6.45) is 2.58. The highest BCUT2D eigenvalue weighted by molar-refractivity contribution is 7.89. The minimum absolute atomic E-state index is 0.326. The zero-order chi connectivity index (χ0) is 15.9. The molecule has 1 aromatic rings. The van der Waals surface area contributed by atoms with Crippen LogP contribution in [0.4, 0.5) is 0 Å². The molecule has 0 unspecified atom stereocenters. The molecule has 116 valence electrons. The van der Waals surface area contributed by atoms with Crippen LogP contribution in [0.25, 0.3) is 0 Å². The molecule has 0 atom stereocenters. The number of rotatable bonds is 6. The molecule has 0 aromatic heterocycles. The van der Waals surface area contributed by atoms with E-state index < -0.39 is 18.1 Å². The van der Waals surface area contributed by atoms with E-state index in [1.165, 1.54) is 0 Å². The molecule has 0 radical (unpaired) electrons. The van der Waals surface area contributed by atoms with Gasteiger partial charge in [-0.25, -0.2) is 13.1 Å². The lowest BCUT2D eigenvalue weighted by Gasteiger charge is -2.06. The lowest BCUT2D eigenvalue weighted by atomic mass is 10.2. The van der Waals surface area contributed by atoms with Crippen LogP contribution in [0.2, 0.25) is 19.6 Å². The Labute approximate surface area is 130 Å². The second-order valence-corrected chi connectivity index (χ2v) is 12.7. The van der Waals surface area contributed by atoms with Crippen molar-refractivity contribution in [2.24, 2.45) is 0 Å². The maximum Gasteiger partial charge on any atom is 0.240 e. The molecule has 0 aliphatic carbocycles. The summed E-state index contributed by atoms with van der Waals surface area (Å²) in [6.45, 7) is 9.05. The summed E-state index contributed by atoms with van der Waals surface area (Å²) in [7, 11) is -4.65. The number of hydrogen-bond donors (Lipinski definition) is 1. The Morgan fingerprint density at radius 3 is 2.29 bits per heavy atom. The van der Waals surface area contributed by atoms with Crippen molar-refractivity contribution in [2.45, 2.75) is 50.7 Å². The molecule has 1 N–H and O–H groups in total. The fraction of sp³-hybridized carbons (Fsp3) is 0.500. The number of sulfonamides is 1. The van der Waals surface area contributed by atoms with E-state index in [1.54, 1.807) is 24.3 Å². The van der Waals surface area contributed by atoms with Gasteiger partial charge >= 0.3 is 0 Å². The largest absolute Gasteiger partial charge is 0.240 e. The van der Waals surface area contributed by atoms with Gasteiger partial charge in [0.25, 0.3) is 0 Å². The summed E-state index contributed by atoms with van der Waals surface area (Å²) < 4.78 is 26.7. The topological polar surface area (TPSA) is 46.2 Å². The second kappa shape index (κ2) is 7.78. The lowest BCUT2D eigenvalue weighted by Crippen LogP contribution is -2.24. The van der Waals surface area contributed by atoms with E-state index in [2.05, 4.69) is 35.8 Å². The molecule has 0 spiro atoms. The van der Waals surface area contributed by atoms with E-state index in [1.807, 2.05) is 6.92 Å². The van der Waals surface area contributed by atoms with E-state index in [9.17, 15) is 8.42 Å². The van der Waals surface area contributed by atoms with E-state index in [-0.39, 0.29) is 0 Å². The van der Waals surface area contributed by atoms with Crippen LogP contribution >= 0.6 is 0 Å². The average Bonchev–Trinajstić information content (AvgIpc) is 2.36. The van der Waals surface area contributed by atoms with Crippen LogP contribution in [-0.4, -0.2) is 23.0 Å². The van der Waals surface area contributed by atoms with Crippen molar-refractivity contribution in [3.63, 3.8) is 0 Å². The van der Waals surface area contributed by atoms with Crippen LogP contribution in [0.15, 0.2) is 29.2 Å². The Morgan fingerprint density at radius 2 is 1.71 bits per heavy atom. The van der Waals surface area contributed by atoms with Crippen LogP contribution in [0.1, 0.15) is 24.8 Å². The van der Waals surface area contributed by atoms with Gasteiger partial charge < -0.3 is 0 Å². The predicted molar refractivity (Wildman–Crippen MR) is 91.3 cm³/mol. The maximum absolute atomic E-state index is 12.0. The van der Waals surface area contributed by atoms with E-state index in [0.717, 1.165) is 24.8 Å². The first kappa shape index (κ1) is 18.0. The fourth-order valence-electron chi connectivity index (χ4n) is 1.67. The van der Waals surface area contributed by atoms with Crippen molar-refractivity contribution in [1.29, 1.82) is 0 Å². The lowest BCUT2D eigenvalue weighted by molar-refractivity contribution is 0.577. The first-order valence-electron chi connectivity index (χ1n) is 7.27. The normalized spacial score (nSPS) is 11.8. The molecule has 0 saturated carbocycles. The summed E-state index contributed by atoms with van der Waals surface area (Å²) in [4.78, 5) is 0.326. The average molecular weight is 324 g/mol. The van der Waals surface area contributed by atoms with E-state index in [4.69, 9.17) is 0 Å². The van der Waals surface area contributed by atoms with E-state index in [0.29, 0.717) is 11.4 Å². The Kier molecular flexibility index (Phi) is 6.66. The third-order valence-corrected chi connectivity index (χ3v) is 5.22. The van der Waals surface area contributed by atoms with Crippen molar-refractivity contribution in [2.75, 3.05) is 6.54 Å². The van der Waals surface area contributed by atoms with Crippen LogP contribution in [0, 0.1) is 18.4 Å². The molecule has 0 aliphatic rings. The molecule has 0 amide bonds. The van der Waals surface area contributed by atoms with E-state index >= 15 is 0 Å². The monoisotopic (exact) mass is 323 g/mol. The molecule has 5 heteroatoms. The van der Waals surface area contributed by atoms with Crippen LogP contribution in [0.3, 0.4) is 0 Å². The van der Waals surface area contributed by atoms with Crippen molar-refractivity contribution in [3.05, 3.63) is 29.8 Å². The van der Waals surface area contributed by atoms with Crippen LogP contribution in [0.5, 0.6) is 0 Å². The van der Waals surface area contributed by atoms with Crippen molar-refractivity contribution < 1.29 is 8.42 Å². The highest BCUT2D eigenvalue weighted by Gasteiger charge is 2.12. The summed E-state index contributed by atoms with van der Waals surface area (Å²) in [6, 6.07) is 6.88. The first-order chi connectivity index (χ1) is 9.71. The summed E-state index contributed by atoms with van der Waals surface area (Å²) in [5, 5.41) is 0. The van der Waals surface area contributed by atoms with Crippen molar-refractivity contribution >= 4 is 18.1 Å². The summed E-state index contributed by atoms with van der Waals surface area (Å²) >= 11 is 0. The smallest absolute Gasteiger partial charge is 0.211 e. The van der Waals surface area contributed by atoms with Gasteiger partial charge in [0.1, 0.15) is 8.07 Å². The molecule has 21 heavy (non-hydrogen) atoms. The molecule has 0 fully saturated rings. The zero-order valence-corrected chi connectivity index (χ0v) is 15.2. The van der Waals surface area contributed by atoms with Gasteiger partial charge in [0.2, 0.25) is 10.0 Å². The number of unbranched alkanes of at least 4 members (excludes halogenated alkanes) is 2. The quantitative estimate of drug-likeness (QED) is 0.496. The Bertz CT molecular complexity index is 604. The van der Waals surface area contributed by atoms with Crippen molar-refractivity contribution in [3.8, 4) is 11.5 Å². The summed E-state index contributed by atoms with van der Waals surface area (Å²) in [5.41, 5.74) is 4.36. The number of nitrogens with one attached hydrogen (secondary N) is 1. The minimum atomic E-state index is -3.37. The Morgan fingerprint density at radius 1 is 1.10 bits per heavy atom. The first-order valence-corrected chi connectivity index (χ1v) is 12.3. The number of hydrogen-bond acceptors (Lipinski definition) is 2. The molecule has 0 heterocycles. The molecule has 1 aromatic carbocycles. The molecule has 0 bridgehead atoms. The van der Waals surface area contributed by atoms with Gasteiger partial charge in [0.05, 0.1) is 4.90 Å². The third kappa shape index (κ3) is 7.46. The predicted octanol–water partition coefficient (Wildman–Crippen LogP) is 3.32. The molecule has 3 nitrogen and oxygen atoms in total. The standard InChI is InChI=1S/C16H25NO2SSi/c1-15-9-11-16(12-10-15)20(18,19)17-13-7-5-6-8-14-21(2,3)4/h9-12,17H,5-7,13H2,1-4H3. The van der Waals surface area contributed by atoms with Gasteiger partial charge in [-0.2, -0.15) is 0 Å². The van der Waals surface area contributed by atoms with Crippen LogP contribution < -0.4 is 4.72 Å². The SMILES string of the molecule is Cc1ccc(S(=O)(=O)NCCCCC#C[Si](C)(C)C)cc1. The fourth-order valence-corrected chi connectivity index (χ4v) is 3.40. The van der Waals surface area contributed by atoms with Gasteiger partial charge in [-0.3, -0.25) is 0 Å². The summed E-state index contributed by atoms with van der Waals surface area (Å²) in [5.74, 6) is 3.20. The zero-order valence-electron chi connectivity index (χ0n) is 13.4. The van der Waals surface area contributed by atoms with Gasteiger partial charge in [0.15, 0.2) is 0 Å². The van der Waals surface area contributed by atoms with Gasteiger partial charge in [-0.05, 0) is 31.9 Å². The maximum atomic E-state index is 12.0. The molecular weight excluding hydrogens is 298 g/mol. The number of aryl methyl sites for hydroxylation is 1. The highest BCUT2D eigenvalue weighted by Crippen LogP contribution is 2.09. The molecule has 0 saturated heterocycles. The molecule has 0 aliphatic heterocycles. The Balaban J connectivity index is 2.35. The molecule has 1 rings (SSSR count). The number of benzene rings is 1. The van der Waals surface area contributed by atoms with Crippen LogP contribution in [-0.2, 0) is 10.0 Å². The van der Waals surface area contributed by atoms with Gasteiger partial charge in [-0.15, -0.1) is 11.5 Å². The van der Waals surface area contributed by atoms with Gasteiger partial charge in [-0.1, -0.05) is 37.3 Å². The second-order valence-electron chi connectivity index (χ2n) is 6.22. The highest BCUT2D eigenvalue weighted by atomic mass is 32.2. The Hall–Kier alpha value is -1.09.